The smallest absolute Gasteiger partial charge is 0.256 e. The van der Waals surface area contributed by atoms with Gasteiger partial charge >= 0.3 is 0 Å². The van der Waals surface area contributed by atoms with Crippen LogP contribution in [-0.4, -0.2) is 38.0 Å². The van der Waals surface area contributed by atoms with Gasteiger partial charge in [0, 0.05) is 19.5 Å². The van der Waals surface area contributed by atoms with Crippen LogP contribution in [-0.2, 0) is 11.3 Å². The van der Waals surface area contributed by atoms with Crippen molar-refractivity contribution in [3.63, 3.8) is 0 Å². The van der Waals surface area contributed by atoms with Gasteiger partial charge in [0.1, 0.15) is 0 Å². The zero-order chi connectivity index (χ0) is 20.8. The van der Waals surface area contributed by atoms with Crippen LogP contribution in [0.25, 0.3) is 0 Å². The van der Waals surface area contributed by atoms with Crippen molar-refractivity contribution in [2.45, 2.75) is 27.3 Å². The fraction of sp³-hybridized carbons (Fsp3) is 0.364. The van der Waals surface area contributed by atoms with E-state index in [0.29, 0.717) is 29.3 Å². The maximum Gasteiger partial charge on any atom is 0.256 e. The quantitative estimate of drug-likeness (QED) is 0.787. The lowest BCUT2D eigenvalue weighted by molar-refractivity contribution is -0.118. The number of nitrogens with one attached hydrogen (secondary N) is 1. The molecule has 0 aromatic heterocycles. The molecule has 6 heteroatoms. The minimum absolute atomic E-state index is 0.125. The number of methoxy groups -OCH3 is 2. The largest absolute Gasteiger partial charge is 0.493 e. The molecular formula is C22H28N2O4. The first-order chi connectivity index (χ1) is 13.3. The Morgan fingerprint density at radius 1 is 1.04 bits per heavy atom. The first-order valence-corrected chi connectivity index (χ1v) is 9.14. The Bertz CT molecular complexity index is 862. The van der Waals surface area contributed by atoms with E-state index in [1.807, 2.05) is 45.0 Å². The van der Waals surface area contributed by atoms with Gasteiger partial charge in [0.05, 0.1) is 25.5 Å². The summed E-state index contributed by atoms with van der Waals surface area (Å²) >= 11 is 0. The number of carbonyl (C=O) groups excluding carboxylic acids is 2. The average Bonchev–Trinajstić information content (AvgIpc) is 2.68. The van der Waals surface area contributed by atoms with Crippen LogP contribution < -0.4 is 14.8 Å². The summed E-state index contributed by atoms with van der Waals surface area (Å²) in [5.41, 5.74) is 2.85. The summed E-state index contributed by atoms with van der Waals surface area (Å²) in [5, 5.41) is 2.85. The molecule has 0 unspecified atom stereocenters. The van der Waals surface area contributed by atoms with Crippen LogP contribution in [0.3, 0.4) is 0 Å². The number of rotatable bonds is 7. The molecule has 2 amide bonds. The molecule has 0 spiro atoms. The van der Waals surface area contributed by atoms with Gasteiger partial charge in [0.25, 0.3) is 5.91 Å². The van der Waals surface area contributed by atoms with Crippen molar-refractivity contribution in [3.05, 3.63) is 53.1 Å². The van der Waals surface area contributed by atoms with E-state index in [1.165, 1.54) is 0 Å². The van der Waals surface area contributed by atoms with E-state index in [-0.39, 0.29) is 17.7 Å². The molecule has 0 fully saturated rings. The first-order valence-electron chi connectivity index (χ1n) is 9.14. The van der Waals surface area contributed by atoms with Crippen molar-refractivity contribution in [1.29, 1.82) is 0 Å². The number of ether oxygens (including phenoxy) is 2. The zero-order valence-corrected chi connectivity index (χ0v) is 17.3. The van der Waals surface area contributed by atoms with Gasteiger partial charge in [0.15, 0.2) is 11.5 Å². The molecule has 2 aromatic carbocycles. The fourth-order valence-corrected chi connectivity index (χ4v) is 2.75. The third-order valence-electron chi connectivity index (χ3n) is 4.40. The van der Waals surface area contributed by atoms with Gasteiger partial charge in [-0.2, -0.15) is 0 Å². The molecule has 2 aromatic rings. The lowest BCUT2D eigenvalue weighted by Crippen LogP contribution is -2.28. The van der Waals surface area contributed by atoms with Crippen molar-refractivity contribution in [3.8, 4) is 11.5 Å². The third kappa shape index (κ3) is 5.03. The number of hydrogen-bond acceptors (Lipinski definition) is 4. The second kappa shape index (κ2) is 9.26. The molecule has 1 N–H and O–H groups in total. The Labute approximate surface area is 166 Å². The second-order valence-corrected chi connectivity index (χ2v) is 7.04. The molecular weight excluding hydrogens is 356 g/mol. The summed E-state index contributed by atoms with van der Waals surface area (Å²) in [6, 6.07) is 11.0. The summed E-state index contributed by atoms with van der Waals surface area (Å²) in [4.78, 5) is 26.8. The number of anilines is 1. The van der Waals surface area contributed by atoms with Gasteiger partial charge in [-0.05, 0) is 36.8 Å². The number of aryl methyl sites for hydroxylation is 1. The molecule has 6 nitrogen and oxygen atoms in total. The molecule has 0 radical (unpaired) electrons. The van der Waals surface area contributed by atoms with Gasteiger partial charge in [-0.25, -0.2) is 0 Å². The number of hydrogen-bond donors (Lipinski definition) is 1. The fourth-order valence-electron chi connectivity index (χ4n) is 2.75. The van der Waals surface area contributed by atoms with Gasteiger partial charge in [0.2, 0.25) is 5.91 Å². The van der Waals surface area contributed by atoms with Crippen molar-refractivity contribution < 1.29 is 19.1 Å². The summed E-state index contributed by atoms with van der Waals surface area (Å²) in [6.07, 6.45) is 0. The maximum atomic E-state index is 13.1. The van der Waals surface area contributed by atoms with Crippen molar-refractivity contribution in [1.82, 2.24) is 4.90 Å². The first kappa shape index (κ1) is 21.3. The molecule has 0 aliphatic carbocycles. The number of amides is 2. The molecule has 0 heterocycles. The lowest BCUT2D eigenvalue weighted by atomic mass is 10.1. The Kier molecular flexibility index (Phi) is 7.04. The van der Waals surface area contributed by atoms with E-state index in [4.69, 9.17) is 9.47 Å². The summed E-state index contributed by atoms with van der Waals surface area (Å²) in [5.74, 6) is 0.783. The lowest BCUT2D eigenvalue weighted by Gasteiger charge is -2.21. The number of carbonyl (C=O) groups is 2. The van der Waals surface area contributed by atoms with E-state index in [2.05, 4.69) is 5.32 Å². The average molecular weight is 384 g/mol. The van der Waals surface area contributed by atoms with Crippen molar-refractivity contribution >= 4 is 17.5 Å². The van der Waals surface area contributed by atoms with Crippen LogP contribution in [0.15, 0.2) is 36.4 Å². The third-order valence-corrected chi connectivity index (χ3v) is 4.40. The van der Waals surface area contributed by atoms with Gasteiger partial charge < -0.3 is 19.7 Å². The number of nitrogens with zero attached hydrogens (tertiary/aromatic N) is 1. The minimum atomic E-state index is -0.172. The van der Waals surface area contributed by atoms with Gasteiger partial charge in [-0.3, -0.25) is 9.59 Å². The van der Waals surface area contributed by atoms with Gasteiger partial charge in [-0.15, -0.1) is 0 Å². The van der Waals surface area contributed by atoms with Crippen molar-refractivity contribution in [2.75, 3.05) is 26.6 Å². The Balaban J connectivity index is 2.25. The highest BCUT2D eigenvalue weighted by molar-refractivity contribution is 6.04. The number of benzene rings is 2. The molecule has 0 saturated heterocycles. The van der Waals surface area contributed by atoms with E-state index in [0.717, 1.165) is 11.1 Å². The molecule has 28 heavy (non-hydrogen) atoms. The topological polar surface area (TPSA) is 67.9 Å². The molecule has 0 atom stereocenters. The minimum Gasteiger partial charge on any atom is -0.493 e. The van der Waals surface area contributed by atoms with Crippen LogP contribution in [0.2, 0.25) is 0 Å². The van der Waals surface area contributed by atoms with Crippen LogP contribution in [0.5, 0.6) is 11.5 Å². The summed E-state index contributed by atoms with van der Waals surface area (Å²) in [6.45, 7) is 5.94. The predicted molar refractivity (Wildman–Crippen MR) is 110 cm³/mol. The normalized spacial score (nSPS) is 10.5. The van der Waals surface area contributed by atoms with E-state index in [9.17, 15) is 9.59 Å². The summed E-state index contributed by atoms with van der Waals surface area (Å²) in [7, 11) is 4.89. The Hall–Kier alpha value is -3.02. The molecule has 2 rings (SSSR count). The van der Waals surface area contributed by atoms with E-state index >= 15 is 0 Å². The van der Waals surface area contributed by atoms with Gasteiger partial charge in [-0.1, -0.05) is 31.5 Å². The van der Waals surface area contributed by atoms with Crippen LogP contribution in [0.4, 0.5) is 5.69 Å². The Morgan fingerprint density at radius 3 is 2.32 bits per heavy atom. The zero-order valence-electron chi connectivity index (χ0n) is 17.3. The Morgan fingerprint density at radius 2 is 1.71 bits per heavy atom. The maximum absolute atomic E-state index is 13.1. The highest BCUT2D eigenvalue weighted by Gasteiger charge is 2.19. The SMILES string of the molecule is COc1ccc(CN(C)C(=O)c2cc(C)ccc2NC(=O)C(C)C)cc1OC. The van der Waals surface area contributed by atoms with Crippen LogP contribution in [0, 0.1) is 12.8 Å². The monoisotopic (exact) mass is 384 g/mol. The van der Waals surface area contributed by atoms with E-state index in [1.54, 1.807) is 38.3 Å². The highest BCUT2D eigenvalue weighted by atomic mass is 16.5. The molecule has 0 saturated carbocycles. The predicted octanol–water partition coefficient (Wildman–Crippen LogP) is 3.88. The highest BCUT2D eigenvalue weighted by Crippen LogP contribution is 2.28. The van der Waals surface area contributed by atoms with Crippen molar-refractivity contribution in [2.24, 2.45) is 5.92 Å². The molecule has 0 bridgehead atoms. The molecule has 150 valence electrons. The van der Waals surface area contributed by atoms with Crippen LogP contribution >= 0.6 is 0 Å². The summed E-state index contributed by atoms with van der Waals surface area (Å²) < 4.78 is 10.6. The standard InChI is InChI=1S/C22H28N2O4/c1-14(2)21(25)23-18-9-7-15(3)11-17(18)22(26)24(4)13-16-8-10-19(27-5)20(12-16)28-6/h7-12,14H,13H2,1-6H3,(H,23,25). The van der Waals surface area contributed by atoms with Crippen LogP contribution in [0.1, 0.15) is 35.3 Å². The molecule has 0 aliphatic rings. The second-order valence-electron chi connectivity index (χ2n) is 7.04. The van der Waals surface area contributed by atoms with E-state index < -0.39 is 0 Å². The molecule has 0 aliphatic heterocycles.